The molecule has 0 atom stereocenters. The minimum atomic E-state index is -0.275. The van der Waals surface area contributed by atoms with Gasteiger partial charge in [0.05, 0.1) is 12.5 Å². The van der Waals surface area contributed by atoms with Crippen LogP contribution in [0.25, 0.3) is 0 Å². The van der Waals surface area contributed by atoms with Gasteiger partial charge in [0.1, 0.15) is 0 Å². The first-order chi connectivity index (χ1) is 8.58. The fourth-order valence-corrected chi connectivity index (χ4v) is 2.08. The summed E-state index contributed by atoms with van der Waals surface area (Å²) in [5.74, 6) is -0.275. The molecule has 2 amide bonds. The third-order valence-electron chi connectivity index (χ3n) is 2.92. The van der Waals surface area contributed by atoms with Crippen molar-refractivity contribution >= 4 is 12.0 Å². The van der Waals surface area contributed by atoms with Gasteiger partial charge in [0.25, 0.3) is 0 Å². The van der Waals surface area contributed by atoms with E-state index in [0.29, 0.717) is 12.6 Å². The Hall–Kier alpha value is -1.26. The topological polar surface area (TPSA) is 67.4 Å². The van der Waals surface area contributed by atoms with Crippen LogP contribution in [0.5, 0.6) is 0 Å². The van der Waals surface area contributed by atoms with Crippen molar-refractivity contribution < 1.29 is 14.3 Å². The Bertz CT molecular complexity index is 273. The number of nitrogens with one attached hydrogen (secondary N) is 2. The lowest BCUT2D eigenvalue weighted by Crippen LogP contribution is -2.43. The second-order valence-electron chi connectivity index (χ2n) is 5.02. The maximum absolute atomic E-state index is 11.5. The lowest BCUT2D eigenvalue weighted by Gasteiger charge is -2.22. The molecule has 0 saturated heterocycles. The number of carbonyl (C=O) groups excluding carboxylic acids is 2. The summed E-state index contributed by atoms with van der Waals surface area (Å²) in [6.07, 6.45) is 5.87. The highest BCUT2D eigenvalue weighted by atomic mass is 16.5. The van der Waals surface area contributed by atoms with E-state index in [1.807, 2.05) is 0 Å². The van der Waals surface area contributed by atoms with Gasteiger partial charge in [0.2, 0.25) is 0 Å². The lowest BCUT2D eigenvalue weighted by atomic mass is 9.96. The van der Waals surface area contributed by atoms with E-state index in [0.717, 1.165) is 12.8 Å². The van der Waals surface area contributed by atoms with Crippen LogP contribution in [0.3, 0.4) is 0 Å². The average Bonchev–Trinajstić information content (AvgIpc) is 2.29. The Kier molecular flexibility index (Phi) is 6.54. The summed E-state index contributed by atoms with van der Waals surface area (Å²) in [5, 5.41) is 5.61. The molecule has 5 heteroatoms. The number of hydrogen-bond donors (Lipinski definition) is 2. The van der Waals surface area contributed by atoms with Crippen LogP contribution in [-0.4, -0.2) is 30.7 Å². The van der Waals surface area contributed by atoms with Crippen LogP contribution in [0.4, 0.5) is 4.79 Å². The second-order valence-corrected chi connectivity index (χ2v) is 5.02. The summed E-state index contributed by atoms with van der Waals surface area (Å²) in [6.45, 7) is 3.94. The van der Waals surface area contributed by atoms with Gasteiger partial charge in [-0.1, -0.05) is 19.3 Å². The molecule has 0 radical (unpaired) electrons. The summed E-state index contributed by atoms with van der Waals surface area (Å²) in [6, 6.07) is 0.112. The number of hydrogen-bond acceptors (Lipinski definition) is 3. The zero-order valence-corrected chi connectivity index (χ0v) is 11.3. The van der Waals surface area contributed by atoms with E-state index in [9.17, 15) is 9.59 Å². The molecule has 0 spiro atoms. The van der Waals surface area contributed by atoms with Crippen molar-refractivity contribution in [3.05, 3.63) is 0 Å². The standard InChI is InChI=1S/C13H24N2O3/c1-10(2)18-12(16)8-9-14-13(17)15-11-6-4-3-5-7-11/h10-11H,3-9H2,1-2H3,(H2,14,15,17). The summed E-state index contributed by atoms with van der Waals surface area (Å²) in [5.41, 5.74) is 0. The van der Waals surface area contributed by atoms with Gasteiger partial charge in [-0.15, -0.1) is 0 Å². The van der Waals surface area contributed by atoms with E-state index in [1.54, 1.807) is 13.8 Å². The molecule has 1 saturated carbocycles. The molecule has 1 fully saturated rings. The normalized spacial score (nSPS) is 16.4. The molecule has 2 N–H and O–H groups in total. The second kappa shape index (κ2) is 7.95. The lowest BCUT2D eigenvalue weighted by molar-refractivity contribution is -0.147. The summed E-state index contributed by atoms with van der Waals surface area (Å²) < 4.78 is 4.97. The molecule has 1 aliphatic rings. The summed E-state index contributed by atoms with van der Waals surface area (Å²) in [7, 11) is 0. The molecule has 0 aromatic carbocycles. The van der Waals surface area contributed by atoms with Crippen LogP contribution in [0.15, 0.2) is 0 Å². The molecule has 5 nitrogen and oxygen atoms in total. The van der Waals surface area contributed by atoms with Gasteiger partial charge in [0.15, 0.2) is 0 Å². The zero-order valence-electron chi connectivity index (χ0n) is 11.3. The molecule has 0 aromatic rings. The molecule has 0 aromatic heterocycles. The van der Waals surface area contributed by atoms with Crippen molar-refractivity contribution in [2.75, 3.05) is 6.54 Å². The Morgan fingerprint density at radius 2 is 1.89 bits per heavy atom. The van der Waals surface area contributed by atoms with Crippen LogP contribution >= 0.6 is 0 Å². The zero-order chi connectivity index (χ0) is 13.4. The van der Waals surface area contributed by atoms with Crippen molar-refractivity contribution in [1.82, 2.24) is 10.6 Å². The first kappa shape index (κ1) is 14.8. The smallest absolute Gasteiger partial charge is 0.315 e. The number of rotatable bonds is 5. The van der Waals surface area contributed by atoms with Crippen LogP contribution in [-0.2, 0) is 9.53 Å². The number of carbonyl (C=O) groups is 2. The fourth-order valence-electron chi connectivity index (χ4n) is 2.08. The van der Waals surface area contributed by atoms with Gasteiger partial charge in [-0.05, 0) is 26.7 Å². The van der Waals surface area contributed by atoms with Crippen molar-refractivity contribution in [2.24, 2.45) is 0 Å². The third-order valence-corrected chi connectivity index (χ3v) is 2.92. The van der Waals surface area contributed by atoms with Crippen LogP contribution in [0.2, 0.25) is 0 Å². The Balaban J connectivity index is 2.07. The molecule has 18 heavy (non-hydrogen) atoms. The monoisotopic (exact) mass is 256 g/mol. The highest BCUT2D eigenvalue weighted by molar-refractivity contribution is 5.75. The molecule has 0 aliphatic heterocycles. The quantitative estimate of drug-likeness (QED) is 0.739. The first-order valence-corrected chi connectivity index (χ1v) is 6.82. The first-order valence-electron chi connectivity index (χ1n) is 6.82. The van der Waals surface area contributed by atoms with Gasteiger partial charge >= 0.3 is 12.0 Å². The van der Waals surface area contributed by atoms with Crippen LogP contribution in [0, 0.1) is 0 Å². The molecular formula is C13H24N2O3. The number of esters is 1. The predicted molar refractivity (Wildman–Crippen MR) is 69.3 cm³/mol. The Morgan fingerprint density at radius 1 is 1.22 bits per heavy atom. The van der Waals surface area contributed by atoms with E-state index >= 15 is 0 Å². The molecule has 1 aliphatic carbocycles. The highest BCUT2D eigenvalue weighted by Crippen LogP contribution is 2.16. The van der Waals surface area contributed by atoms with E-state index < -0.39 is 0 Å². The largest absolute Gasteiger partial charge is 0.463 e. The van der Waals surface area contributed by atoms with Gasteiger partial charge in [-0.25, -0.2) is 4.79 Å². The van der Waals surface area contributed by atoms with Crippen LogP contribution < -0.4 is 10.6 Å². The third kappa shape index (κ3) is 6.47. The fraction of sp³-hybridized carbons (Fsp3) is 0.846. The molecule has 0 heterocycles. The molecule has 104 valence electrons. The average molecular weight is 256 g/mol. The number of ether oxygens (including phenoxy) is 1. The predicted octanol–water partition coefficient (Wildman–Crippen LogP) is 1.96. The number of amides is 2. The molecule has 0 bridgehead atoms. The van der Waals surface area contributed by atoms with Gasteiger partial charge in [-0.3, -0.25) is 4.79 Å². The summed E-state index contributed by atoms with van der Waals surface area (Å²) in [4.78, 5) is 22.8. The van der Waals surface area contributed by atoms with Gasteiger partial charge in [0, 0.05) is 12.6 Å². The Labute approximate surface area is 109 Å². The van der Waals surface area contributed by atoms with E-state index in [4.69, 9.17) is 4.74 Å². The van der Waals surface area contributed by atoms with Crippen LogP contribution in [0.1, 0.15) is 52.4 Å². The molecule has 0 unspecified atom stereocenters. The van der Waals surface area contributed by atoms with E-state index in [1.165, 1.54) is 19.3 Å². The minimum absolute atomic E-state index is 0.103. The molecule has 1 rings (SSSR count). The van der Waals surface area contributed by atoms with E-state index in [-0.39, 0.29) is 24.5 Å². The molecular weight excluding hydrogens is 232 g/mol. The van der Waals surface area contributed by atoms with E-state index in [2.05, 4.69) is 10.6 Å². The van der Waals surface area contributed by atoms with Crippen molar-refractivity contribution in [1.29, 1.82) is 0 Å². The summed E-state index contributed by atoms with van der Waals surface area (Å²) >= 11 is 0. The minimum Gasteiger partial charge on any atom is -0.463 e. The maximum Gasteiger partial charge on any atom is 0.315 e. The van der Waals surface area contributed by atoms with Crippen molar-refractivity contribution in [2.45, 2.75) is 64.5 Å². The SMILES string of the molecule is CC(C)OC(=O)CCNC(=O)NC1CCCCC1. The van der Waals surface area contributed by atoms with Crippen molar-refractivity contribution in [3.8, 4) is 0 Å². The van der Waals surface area contributed by atoms with Gasteiger partial charge < -0.3 is 15.4 Å². The maximum atomic E-state index is 11.5. The van der Waals surface area contributed by atoms with Gasteiger partial charge in [-0.2, -0.15) is 0 Å². The highest BCUT2D eigenvalue weighted by Gasteiger charge is 2.15. The Morgan fingerprint density at radius 3 is 2.50 bits per heavy atom. The number of urea groups is 1. The van der Waals surface area contributed by atoms with Crippen molar-refractivity contribution in [3.63, 3.8) is 0 Å².